The van der Waals surface area contributed by atoms with Crippen molar-refractivity contribution in [3.05, 3.63) is 24.3 Å². The first-order valence-electron chi connectivity index (χ1n) is 7.64. The normalized spacial score (nSPS) is 28.5. The number of hydrogen-bond donors (Lipinski definition) is 4. The Morgan fingerprint density at radius 1 is 1.00 bits per heavy atom. The number of phenolic OH excluding ortho intramolecular Hbond substituents is 1. The van der Waals surface area contributed by atoms with Crippen LogP contribution in [0.3, 0.4) is 0 Å². The number of hydrogen-bond acceptors (Lipinski definition) is 6. The minimum Gasteiger partial charge on any atom is -0.504 e. The zero-order valence-electron chi connectivity index (χ0n) is 12.5. The maximum atomic E-state index is 9.80. The summed E-state index contributed by atoms with van der Waals surface area (Å²) in [5, 5.41) is 38.5. The van der Waals surface area contributed by atoms with E-state index in [0.29, 0.717) is 25.4 Å². The van der Waals surface area contributed by atoms with Crippen LogP contribution in [-0.2, 0) is 4.74 Å². The largest absolute Gasteiger partial charge is 0.504 e. The van der Waals surface area contributed by atoms with Crippen LogP contribution < -0.4 is 4.74 Å². The zero-order chi connectivity index (χ0) is 15.9. The Labute approximate surface area is 129 Å². The first-order valence-corrected chi connectivity index (χ1v) is 7.64. The van der Waals surface area contributed by atoms with Gasteiger partial charge in [-0.25, -0.2) is 0 Å². The molecule has 1 aliphatic carbocycles. The Kier molecular flexibility index (Phi) is 6.45. The van der Waals surface area contributed by atoms with Gasteiger partial charge in [0.25, 0.3) is 0 Å². The number of aliphatic hydroxyl groups is 3. The van der Waals surface area contributed by atoms with Crippen LogP contribution in [0.5, 0.6) is 11.5 Å². The summed E-state index contributed by atoms with van der Waals surface area (Å²) in [5.74, 6) is 0.574. The predicted molar refractivity (Wildman–Crippen MR) is 79.8 cm³/mol. The van der Waals surface area contributed by atoms with Crippen LogP contribution in [0, 0.1) is 0 Å². The first-order chi connectivity index (χ1) is 10.6. The van der Waals surface area contributed by atoms with Gasteiger partial charge in [-0.05, 0) is 25.0 Å². The number of aliphatic hydroxyl groups excluding tert-OH is 3. The lowest BCUT2D eigenvalue weighted by molar-refractivity contribution is -0.140. The van der Waals surface area contributed by atoms with E-state index >= 15 is 0 Å². The molecule has 0 aromatic heterocycles. The van der Waals surface area contributed by atoms with Crippen molar-refractivity contribution in [2.24, 2.45) is 0 Å². The second-order valence-electron chi connectivity index (χ2n) is 5.62. The Bertz CT molecular complexity index is 452. The molecular weight excluding hydrogens is 288 g/mol. The second kappa shape index (κ2) is 8.33. The summed E-state index contributed by atoms with van der Waals surface area (Å²) >= 11 is 0. The minimum absolute atomic E-state index is 0.118. The van der Waals surface area contributed by atoms with Gasteiger partial charge in [0.2, 0.25) is 0 Å². The number of phenols is 1. The first kappa shape index (κ1) is 17.0. The van der Waals surface area contributed by atoms with Gasteiger partial charge >= 0.3 is 0 Å². The number of benzene rings is 1. The number of unbranched alkanes of at least 4 members (excludes halogenated alkanes) is 1. The molecule has 4 N–H and O–H groups in total. The average molecular weight is 312 g/mol. The van der Waals surface area contributed by atoms with E-state index < -0.39 is 24.4 Å². The summed E-state index contributed by atoms with van der Waals surface area (Å²) in [4.78, 5) is 0. The van der Waals surface area contributed by atoms with Crippen molar-refractivity contribution in [1.82, 2.24) is 0 Å². The third-order valence-corrected chi connectivity index (χ3v) is 3.79. The van der Waals surface area contributed by atoms with E-state index in [1.54, 1.807) is 24.3 Å². The van der Waals surface area contributed by atoms with E-state index in [9.17, 15) is 20.4 Å². The van der Waals surface area contributed by atoms with Crippen LogP contribution in [0.1, 0.15) is 25.7 Å². The Morgan fingerprint density at radius 2 is 1.73 bits per heavy atom. The molecule has 22 heavy (non-hydrogen) atoms. The van der Waals surface area contributed by atoms with Crippen LogP contribution in [0.2, 0.25) is 0 Å². The monoisotopic (exact) mass is 312 g/mol. The molecule has 4 atom stereocenters. The van der Waals surface area contributed by atoms with Crippen LogP contribution in [0.4, 0.5) is 0 Å². The molecule has 0 bridgehead atoms. The average Bonchev–Trinajstić information content (AvgIpc) is 2.49. The fourth-order valence-electron chi connectivity index (χ4n) is 2.54. The van der Waals surface area contributed by atoms with Gasteiger partial charge in [0.1, 0.15) is 6.10 Å². The molecule has 0 radical (unpaired) electrons. The summed E-state index contributed by atoms with van der Waals surface area (Å²) in [6, 6.07) is 6.79. The molecule has 124 valence electrons. The zero-order valence-corrected chi connectivity index (χ0v) is 12.5. The van der Waals surface area contributed by atoms with E-state index in [4.69, 9.17) is 9.47 Å². The van der Waals surface area contributed by atoms with Gasteiger partial charge in [0, 0.05) is 19.4 Å². The molecule has 1 saturated carbocycles. The molecule has 0 saturated heterocycles. The van der Waals surface area contributed by atoms with E-state index in [0.717, 1.165) is 12.8 Å². The van der Waals surface area contributed by atoms with E-state index in [-0.39, 0.29) is 12.2 Å². The van der Waals surface area contributed by atoms with Crippen molar-refractivity contribution < 1.29 is 29.9 Å². The molecule has 1 aromatic carbocycles. The highest BCUT2D eigenvalue weighted by atomic mass is 16.5. The number of ether oxygens (including phenoxy) is 2. The smallest absolute Gasteiger partial charge is 0.160 e. The van der Waals surface area contributed by atoms with Crippen LogP contribution in [0.25, 0.3) is 0 Å². The van der Waals surface area contributed by atoms with Crippen LogP contribution in [0.15, 0.2) is 24.3 Å². The lowest BCUT2D eigenvalue weighted by Gasteiger charge is -2.34. The molecule has 0 spiro atoms. The topological polar surface area (TPSA) is 99.4 Å². The fraction of sp³-hybridized carbons (Fsp3) is 0.625. The van der Waals surface area contributed by atoms with Gasteiger partial charge in [0.15, 0.2) is 11.5 Å². The summed E-state index contributed by atoms with van der Waals surface area (Å²) in [6.45, 7) is 0.880. The standard InChI is InChI=1S/C16H24O6/c17-11-9-13(19)16(20)15(10-11)22-8-4-3-7-21-14-6-2-1-5-12(14)18/h1-2,5-6,11,13,15-20H,3-4,7-10H2/t11-,13-,15-,16-/m1/s1. The van der Waals surface area contributed by atoms with Crippen LogP contribution in [-0.4, -0.2) is 58.1 Å². The highest BCUT2D eigenvalue weighted by Crippen LogP contribution is 2.25. The third-order valence-electron chi connectivity index (χ3n) is 3.79. The van der Waals surface area contributed by atoms with Crippen molar-refractivity contribution in [2.45, 2.75) is 50.1 Å². The molecule has 1 aromatic rings. The molecule has 0 aliphatic heterocycles. The number of rotatable bonds is 7. The van der Waals surface area contributed by atoms with Crippen LogP contribution >= 0.6 is 0 Å². The lowest BCUT2D eigenvalue weighted by Crippen LogP contribution is -2.47. The van der Waals surface area contributed by atoms with Crippen molar-refractivity contribution in [3.63, 3.8) is 0 Å². The maximum Gasteiger partial charge on any atom is 0.160 e. The molecule has 1 fully saturated rings. The summed E-state index contributed by atoms with van der Waals surface area (Å²) < 4.78 is 11.0. The second-order valence-corrected chi connectivity index (χ2v) is 5.62. The lowest BCUT2D eigenvalue weighted by atomic mass is 9.90. The minimum atomic E-state index is -0.944. The van der Waals surface area contributed by atoms with Gasteiger partial charge in [-0.15, -0.1) is 0 Å². The Morgan fingerprint density at radius 3 is 2.50 bits per heavy atom. The molecular formula is C16H24O6. The van der Waals surface area contributed by atoms with Gasteiger partial charge in [0.05, 0.1) is 24.9 Å². The number of para-hydroxylation sites is 2. The van der Waals surface area contributed by atoms with Gasteiger partial charge in [-0.2, -0.15) is 0 Å². The van der Waals surface area contributed by atoms with Gasteiger partial charge < -0.3 is 29.9 Å². The Hall–Kier alpha value is -1.34. The van der Waals surface area contributed by atoms with Gasteiger partial charge in [-0.1, -0.05) is 12.1 Å². The molecule has 0 amide bonds. The molecule has 0 unspecified atom stereocenters. The van der Waals surface area contributed by atoms with E-state index in [1.165, 1.54) is 0 Å². The Balaban J connectivity index is 1.60. The molecule has 6 heteroatoms. The van der Waals surface area contributed by atoms with Crippen molar-refractivity contribution >= 4 is 0 Å². The van der Waals surface area contributed by atoms with Crippen molar-refractivity contribution in [2.75, 3.05) is 13.2 Å². The highest BCUT2D eigenvalue weighted by Gasteiger charge is 2.35. The third kappa shape index (κ3) is 4.84. The fourth-order valence-corrected chi connectivity index (χ4v) is 2.54. The van der Waals surface area contributed by atoms with Crippen molar-refractivity contribution in [3.8, 4) is 11.5 Å². The highest BCUT2D eigenvalue weighted by molar-refractivity contribution is 5.37. The SMILES string of the molecule is Oc1ccccc1OCCCCO[C@@H]1C[C@H](O)C[C@@H](O)[C@H]1O. The molecule has 1 aliphatic rings. The van der Waals surface area contributed by atoms with Crippen molar-refractivity contribution in [1.29, 1.82) is 0 Å². The molecule has 2 rings (SSSR count). The summed E-state index contributed by atoms with van der Waals surface area (Å²) in [5.41, 5.74) is 0. The van der Waals surface area contributed by atoms with E-state index in [1.807, 2.05) is 0 Å². The van der Waals surface area contributed by atoms with E-state index in [2.05, 4.69) is 0 Å². The quantitative estimate of drug-likeness (QED) is 0.556. The summed E-state index contributed by atoms with van der Waals surface area (Å²) in [6.07, 6.45) is -1.04. The number of aromatic hydroxyl groups is 1. The molecule has 6 nitrogen and oxygen atoms in total. The molecule has 0 heterocycles. The summed E-state index contributed by atoms with van der Waals surface area (Å²) in [7, 11) is 0. The predicted octanol–water partition coefficient (Wildman–Crippen LogP) is 0.813. The van der Waals surface area contributed by atoms with Gasteiger partial charge in [-0.3, -0.25) is 0 Å². The maximum absolute atomic E-state index is 9.80.